The summed E-state index contributed by atoms with van der Waals surface area (Å²) in [5.74, 6) is 0. The van der Waals surface area contributed by atoms with Crippen molar-refractivity contribution < 1.29 is 5.11 Å². The predicted octanol–water partition coefficient (Wildman–Crippen LogP) is 5.51. The zero-order valence-electron chi connectivity index (χ0n) is 11.5. The van der Waals surface area contributed by atoms with E-state index in [0.717, 1.165) is 21.4 Å². The van der Waals surface area contributed by atoms with Gasteiger partial charge in [-0.05, 0) is 46.3 Å². The lowest BCUT2D eigenvalue weighted by Gasteiger charge is -2.15. The van der Waals surface area contributed by atoms with Crippen LogP contribution in [0, 0.1) is 6.92 Å². The summed E-state index contributed by atoms with van der Waals surface area (Å²) in [5, 5.41) is 15.3. The number of aliphatic hydroxyl groups excluding tert-OH is 1. The van der Waals surface area contributed by atoms with E-state index >= 15 is 0 Å². The van der Waals surface area contributed by atoms with Crippen molar-refractivity contribution in [2.24, 2.45) is 0 Å². The first-order valence-electron chi connectivity index (χ1n) is 6.87. The van der Waals surface area contributed by atoms with Crippen molar-refractivity contribution in [2.75, 3.05) is 0 Å². The quantitative estimate of drug-likeness (QED) is 0.518. The standard InChI is InChI=1S/C18H14OS2/c1-11-6-7-12-4-2-3-5-13(12)17(11)18(19)16-10-15-14(21-16)8-9-20-15/h2-10,18-19H,1H3. The Balaban J connectivity index is 1.92. The van der Waals surface area contributed by atoms with Gasteiger partial charge in [-0.1, -0.05) is 36.4 Å². The maximum absolute atomic E-state index is 10.9. The van der Waals surface area contributed by atoms with Crippen LogP contribution < -0.4 is 0 Å². The number of fused-ring (bicyclic) bond motifs is 2. The van der Waals surface area contributed by atoms with Crippen LogP contribution in [0.5, 0.6) is 0 Å². The highest BCUT2D eigenvalue weighted by atomic mass is 32.1. The van der Waals surface area contributed by atoms with Crippen molar-refractivity contribution in [2.45, 2.75) is 13.0 Å². The average molecular weight is 310 g/mol. The summed E-state index contributed by atoms with van der Waals surface area (Å²) in [4.78, 5) is 1.02. The van der Waals surface area contributed by atoms with Gasteiger partial charge in [-0.2, -0.15) is 0 Å². The summed E-state index contributed by atoms with van der Waals surface area (Å²) in [6.07, 6.45) is -0.555. The van der Waals surface area contributed by atoms with Crippen LogP contribution in [0.4, 0.5) is 0 Å². The molecule has 0 bridgehead atoms. The summed E-state index contributed by atoms with van der Waals surface area (Å²) in [5.41, 5.74) is 2.17. The van der Waals surface area contributed by atoms with Gasteiger partial charge in [-0.25, -0.2) is 0 Å². The molecule has 4 rings (SSSR count). The van der Waals surface area contributed by atoms with E-state index in [-0.39, 0.29) is 0 Å². The summed E-state index contributed by atoms with van der Waals surface area (Å²) in [6, 6.07) is 16.7. The van der Waals surface area contributed by atoms with E-state index in [4.69, 9.17) is 0 Å². The number of thiophene rings is 2. The molecular formula is C18H14OS2. The maximum Gasteiger partial charge on any atom is 0.114 e. The zero-order valence-corrected chi connectivity index (χ0v) is 13.2. The number of benzene rings is 2. The molecule has 4 aromatic rings. The summed E-state index contributed by atoms with van der Waals surface area (Å²) < 4.78 is 2.51. The maximum atomic E-state index is 10.9. The van der Waals surface area contributed by atoms with Gasteiger partial charge in [-0.15, -0.1) is 22.7 Å². The molecule has 1 N–H and O–H groups in total. The lowest BCUT2D eigenvalue weighted by molar-refractivity contribution is 0.225. The van der Waals surface area contributed by atoms with Crippen molar-refractivity contribution in [3.05, 3.63) is 69.9 Å². The number of hydrogen-bond acceptors (Lipinski definition) is 3. The average Bonchev–Trinajstić information content (AvgIpc) is 3.07. The molecule has 2 heterocycles. The molecular weight excluding hydrogens is 296 g/mol. The third kappa shape index (κ3) is 2.09. The fourth-order valence-corrected chi connectivity index (χ4v) is 4.94. The summed E-state index contributed by atoms with van der Waals surface area (Å²) >= 11 is 3.41. The molecule has 0 fully saturated rings. The highest BCUT2D eigenvalue weighted by Gasteiger charge is 2.18. The number of rotatable bonds is 2. The second kappa shape index (κ2) is 4.95. The first-order valence-corrected chi connectivity index (χ1v) is 8.57. The SMILES string of the molecule is Cc1ccc2ccccc2c1C(O)c1cc2sccc2s1. The Kier molecular flexibility index (Phi) is 3.07. The smallest absolute Gasteiger partial charge is 0.114 e. The van der Waals surface area contributed by atoms with Crippen molar-refractivity contribution >= 4 is 42.8 Å². The Bertz CT molecular complexity index is 904. The van der Waals surface area contributed by atoms with Crippen molar-refractivity contribution in [1.29, 1.82) is 0 Å². The molecule has 21 heavy (non-hydrogen) atoms. The van der Waals surface area contributed by atoms with Gasteiger partial charge in [0.25, 0.3) is 0 Å². The first kappa shape index (κ1) is 13.0. The molecule has 0 aliphatic rings. The number of aliphatic hydroxyl groups is 1. The molecule has 2 aromatic heterocycles. The van der Waals surface area contributed by atoms with Crippen LogP contribution in [0.3, 0.4) is 0 Å². The highest BCUT2D eigenvalue weighted by Crippen LogP contribution is 2.38. The number of hydrogen-bond donors (Lipinski definition) is 1. The van der Waals surface area contributed by atoms with Crippen LogP contribution in [-0.2, 0) is 0 Å². The normalized spacial score (nSPS) is 13.0. The molecule has 1 nitrogen and oxygen atoms in total. The van der Waals surface area contributed by atoms with Crippen LogP contribution >= 0.6 is 22.7 Å². The van der Waals surface area contributed by atoms with Gasteiger partial charge in [0.1, 0.15) is 6.10 Å². The van der Waals surface area contributed by atoms with E-state index in [0.29, 0.717) is 0 Å². The molecule has 0 amide bonds. The fourth-order valence-electron chi connectivity index (χ4n) is 2.83. The van der Waals surface area contributed by atoms with Crippen LogP contribution in [-0.4, -0.2) is 5.11 Å². The van der Waals surface area contributed by atoms with Gasteiger partial charge in [0.05, 0.1) is 0 Å². The van der Waals surface area contributed by atoms with E-state index in [1.54, 1.807) is 22.7 Å². The molecule has 0 saturated heterocycles. The fraction of sp³-hybridized carbons (Fsp3) is 0.111. The minimum absolute atomic E-state index is 0.555. The third-order valence-electron chi connectivity index (χ3n) is 3.89. The molecule has 104 valence electrons. The van der Waals surface area contributed by atoms with Crippen LogP contribution in [0.25, 0.3) is 20.2 Å². The molecule has 1 unspecified atom stereocenters. The molecule has 0 radical (unpaired) electrons. The largest absolute Gasteiger partial charge is 0.383 e. The van der Waals surface area contributed by atoms with Gasteiger partial charge in [0, 0.05) is 14.3 Å². The van der Waals surface area contributed by atoms with Crippen LogP contribution in [0.1, 0.15) is 22.1 Å². The monoisotopic (exact) mass is 310 g/mol. The second-order valence-electron chi connectivity index (χ2n) is 5.22. The van der Waals surface area contributed by atoms with Gasteiger partial charge < -0.3 is 5.11 Å². The van der Waals surface area contributed by atoms with E-state index < -0.39 is 6.10 Å². The molecule has 1 atom stereocenters. The lowest BCUT2D eigenvalue weighted by atomic mass is 9.95. The van der Waals surface area contributed by atoms with Gasteiger partial charge in [0.15, 0.2) is 0 Å². The van der Waals surface area contributed by atoms with E-state index in [2.05, 4.69) is 48.7 Å². The van der Waals surface area contributed by atoms with E-state index in [1.807, 2.05) is 12.1 Å². The van der Waals surface area contributed by atoms with Crippen molar-refractivity contribution in [3.8, 4) is 0 Å². The second-order valence-corrected chi connectivity index (χ2v) is 7.28. The Labute approximate surface area is 131 Å². The minimum atomic E-state index is -0.555. The van der Waals surface area contributed by atoms with Gasteiger partial charge >= 0.3 is 0 Å². The Morgan fingerprint density at radius 3 is 2.71 bits per heavy atom. The topological polar surface area (TPSA) is 20.2 Å². The molecule has 3 heteroatoms. The molecule has 2 aromatic carbocycles. The van der Waals surface area contributed by atoms with Gasteiger partial charge in [0.2, 0.25) is 0 Å². The first-order chi connectivity index (χ1) is 10.2. The van der Waals surface area contributed by atoms with Crippen LogP contribution in [0.15, 0.2) is 53.9 Å². The van der Waals surface area contributed by atoms with Crippen molar-refractivity contribution in [1.82, 2.24) is 0 Å². The van der Waals surface area contributed by atoms with Gasteiger partial charge in [-0.3, -0.25) is 0 Å². The Morgan fingerprint density at radius 2 is 1.86 bits per heavy atom. The predicted molar refractivity (Wildman–Crippen MR) is 92.4 cm³/mol. The Hall–Kier alpha value is -1.68. The minimum Gasteiger partial charge on any atom is -0.383 e. The summed E-state index contributed by atoms with van der Waals surface area (Å²) in [6.45, 7) is 2.07. The molecule has 0 spiro atoms. The third-order valence-corrected chi connectivity index (χ3v) is 6.04. The molecule has 0 saturated carbocycles. The van der Waals surface area contributed by atoms with E-state index in [1.165, 1.54) is 14.8 Å². The highest BCUT2D eigenvalue weighted by molar-refractivity contribution is 7.26. The Morgan fingerprint density at radius 1 is 1.00 bits per heavy atom. The van der Waals surface area contributed by atoms with E-state index in [9.17, 15) is 5.11 Å². The molecule has 0 aliphatic heterocycles. The number of aryl methyl sites for hydroxylation is 1. The lowest BCUT2D eigenvalue weighted by Crippen LogP contribution is -2.01. The van der Waals surface area contributed by atoms with Crippen LogP contribution in [0.2, 0.25) is 0 Å². The zero-order chi connectivity index (χ0) is 14.4. The summed E-state index contributed by atoms with van der Waals surface area (Å²) in [7, 11) is 0. The van der Waals surface area contributed by atoms with Crippen molar-refractivity contribution in [3.63, 3.8) is 0 Å². The molecule has 0 aliphatic carbocycles.